The molecule has 2 aromatic heterocycles. The SMILES string of the molecule is CO[C@H](C)[C@H]1C(=O)Nc2c(cc(CCc3cnn(Cc4cccc(F)c4F)c3)nc2C)N1C. The first-order chi connectivity index (χ1) is 15.8. The minimum Gasteiger partial charge on any atom is -0.379 e. The number of nitrogens with one attached hydrogen (secondary N) is 1. The van der Waals surface area contributed by atoms with Crippen molar-refractivity contribution in [3.05, 3.63) is 70.8 Å². The van der Waals surface area contributed by atoms with Crippen molar-refractivity contribution in [2.75, 3.05) is 24.4 Å². The van der Waals surface area contributed by atoms with Gasteiger partial charge in [0.25, 0.3) is 0 Å². The Hall–Kier alpha value is -3.33. The Bertz CT molecular complexity index is 1180. The number of amides is 1. The Morgan fingerprint density at radius 1 is 1.27 bits per heavy atom. The molecule has 9 heteroatoms. The molecule has 0 bridgehead atoms. The smallest absolute Gasteiger partial charge is 0.249 e. The molecule has 0 fully saturated rings. The van der Waals surface area contributed by atoms with Crippen molar-refractivity contribution >= 4 is 17.3 Å². The normalized spacial score (nSPS) is 16.5. The lowest BCUT2D eigenvalue weighted by molar-refractivity contribution is -0.120. The fraction of sp³-hybridized carbons (Fsp3) is 0.375. The molecule has 33 heavy (non-hydrogen) atoms. The number of ether oxygens (including phenoxy) is 1. The van der Waals surface area contributed by atoms with Crippen molar-refractivity contribution in [3.63, 3.8) is 0 Å². The number of rotatable bonds is 7. The third kappa shape index (κ3) is 4.59. The van der Waals surface area contributed by atoms with Crippen LogP contribution in [-0.2, 0) is 28.9 Å². The third-order valence-corrected chi connectivity index (χ3v) is 6.08. The second kappa shape index (κ2) is 9.27. The molecule has 0 saturated heterocycles. The summed E-state index contributed by atoms with van der Waals surface area (Å²) in [6, 6.07) is 5.69. The van der Waals surface area contributed by atoms with Crippen LogP contribution in [0.5, 0.6) is 0 Å². The molecule has 0 unspecified atom stereocenters. The van der Waals surface area contributed by atoms with Crippen LogP contribution >= 0.6 is 0 Å². The van der Waals surface area contributed by atoms with Crippen LogP contribution in [0.15, 0.2) is 36.7 Å². The van der Waals surface area contributed by atoms with E-state index in [0.29, 0.717) is 12.8 Å². The number of carbonyl (C=O) groups is 1. The number of carbonyl (C=O) groups excluding carboxylic acids is 1. The predicted octanol–water partition coefficient (Wildman–Crippen LogP) is 3.49. The van der Waals surface area contributed by atoms with Crippen LogP contribution in [0.1, 0.15) is 29.4 Å². The van der Waals surface area contributed by atoms with Crippen molar-refractivity contribution in [1.29, 1.82) is 0 Å². The van der Waals surface area contributed by atoms with Gasteiger partial charge in [0.2, 0.25) is 5.91 Å². The van der Waals surface area contributed by atoms with E-state index in [1.807, 2.05) is 38.1 Å². The van der Waals surface area contributed by atoms with Crippen LogP contribution in [0.3, 0.4) is 0 Å². The zero-order valence-electron chi connectivity index (χ0n) is 19.1. The summed E-state index contributed by atoms with van der Waals surface area (Å²) in [5.41, 5.74) is 4.49. The Morgan fingerprint density at radius 3 is 2.82 bits per heavy atom. The molecule has 2 atom stereocenters. The number of likely N-dealkylation sites (N-methyl/N-ethyl adjacent to an activating group) is 1. The number of benzene rings is 1. The van der Waals surface area contributed by atoms with Crippen LogP contribution in [0.2, 0.25) is 0 Å². The average Bonchev–Trinajstić information content (AvgIpc) is 3.23. The van der Waals surface area contributed by atoms with E-state index in [1.165, 1.54) is 6.07 Å². The molecule has 174 valence electrons. The highest BCUT2D eigenvalue weighted by Gasteiger charge is 2.36. The van der Waals surface area contributed by atoms with Crippen molar-refractivity contribution < 1.29 is 18.3 Å². The zero-order valence-corrected chi connectivity index (χ0v) is 19.1. The zero-order chi connectivity index (χ0) is 23.7. The molecular formula is C24H27F2N5O2. The second-order valence-electron chi connectivity index (χ2n) is 8.34. The molecule has 7 nitrogen and oxygen atoms in total. The van der Waals surface area contributed by atoms with Crippen molar-refractivity contribution in [3.8, 4) is 0 Å². The van der Waals surface area contributed by atoms with Crippen LogP contribution in [-0.4, -0.2) is 47.0 Å². The number of hydrogen-bond donors (Lipinski definition) is 1. The number of halogens is 2. The summed E-state index contributed by atoms with van der Waals surface area (Å²) in [5, 5.41) is 7.25. The molecule has 0 aliphatic carbocycles. The molecule has 1 aromatic carbocycles. The molecule has 1 amide bonds. The van der Waals surface area contributed by atoms with Gasteiger partial charge in [-0.15, -0.1) is 0 Å². The first kappa shape index (κ1) is 22.8. The Kier molecular flexibility index (Phi) is 6.42. The number of aryl methyl sites for hydroxylation is 3. The van der Waals surface area contributed by atoms with Gasteiger partial charge >= 0.3 is 0 Å². The Balaban J connectivity index is 1.48. The lowest BCUT2D eigenvalue weighted by atomic mass is 10.0. The summed E-state index contributed by atoms with van der Waals surface area (Å²) in [5.74, 6) is -1.82. The fourth-order valence-corrected chi connectivity index (χ4v) is 4.20. The average molecular weight is 456 g/mol. The fourth-order valence-electron chi connectivity index (χ4n) is 4.20. The maximum absolute atomic E-state index is 13.9. The number of methoxy groups -OCH3 is 1. The van der Waals surface area contributed by atoms with Gasteiger partial charge in [-0.3, -0.25) is 14.5 Å². The van der Waals surface area contributed by atoms with E-state index in [0.717, 1.165) is 34.4 Å². The summed E-state index contributed by atoms with van der Waals surface area (Å²) in [7, 11) is 3.48. The number of nitrogens with zero attached hydrogens (tertiary/aromatic N) is 4. The monoisotopic (exact) mass is 455 g/mol. The van der Waals surface area contributed by atoms with Gasteiger partial charge in [0.05, 0.1) is 35.9 Å². The topological polar surface area (TPSA) is 72.3 Å². The summed E-state index contributed by atoms with van der Waals surface area (Å²) in [6.45, 7) is 3.90. The van der Waals surface area contributed by atoms with Crippen LogP contribution in [0, 0.1) is 18.6 Å². The van der Waals surface area contributed by atoms with Gasteiger partial charge in [-0.25, -0.2) is 8.78 Å². The molecule has 0 spiro atoms. The Morgan fingerprint density at radius 2 is 2.06 bits per heavy atom. The number of hydrogen-bond acceptors (Lipinski definition) is 5. The number of pyridine rings is 1. The molecule has 0 radical (unpaired) electrons. The quantitative estimate of drug-likeness (QED) is 0.591. The standard InChI is InChI=1S/C24H27F2N5O2/c1-14-22-20(30(3)23(15(2)33-4)24(32)29-22)10-18(28-14)9-8-16-11-27-31(12-16)13-17-6-5-7-19(25)21(17)26/h5-7,10-12,15,23H,8-9,13H2,1-4H3,(H,29,32)/t15-,23+/m1/s1. The van der Waals surface area contributed by atoms with Gasteiger partial charge < -0.3 is 15.0 Å². The highest BCUT2D eigenvalue weighted by atomic mass is 19.2. The summed E-state index contributed by atoms with van der Waals surface area (Å²) in [6.07, 6.45) is 4.64. The maximum atomic E-state index is 13.9. The van der Waals surface area contributed by atoms with E-state index in [9.17, 15) is 13.6 Å². The van der Waals surface area contributed by atoms with E-state index >= 15 is 0 Å². The van der Waals surface area contributed by atoms with E-state index in [-0.39, 0.29) is 24.1 Å². The highest BCUT2D eigenvalue weighted by Crippen LogP contribution is 2.35. The van der Waals surface area contributed by atoms with Gasteiger partial charge in [-0.05, 0) is 44.4 Å². The number of aromatic nitrogens is 3. The molecular weight excluding hydrogens is 428 g/mol. The van der Waals surface area contributed by atoms with Gasteiger partial charge in [-0.2, -0.15) is 5.10 Å². The van der Waals surface area contributed by atoms with E-state index in [4.69, 9.17) is 4.74 Å². The van der Waals surface area contributed by atoms with Crippen LogP contribution in [0.25, 0.3) is 0 Å². The van der Waals surface area contributed by atoms with E-state index in [1.54, 1.807) is 24.1 Å². The lowest BCUT2D eigenvalue weighted by Crippen LogP contribution is -2.52. The summed E-state index contributed by atoms with van der Waals surface area (Å²) in [4.78, 5) is 19.2. The minimum atomic E-state index is -0.864. The molecule has 4 rings (SSSR count). The minimum absolute atomic E-state index is 0.112. The number of fused-ring (bicyclic) bond motifs is 1. The third-order valence-electron chi connectivity index (χ3n) is 6.08. The highest BCUT2D eigenvalue weighted by molar-refractivity contribution is 6.04. The largest absolute Gasteiger partial charge is 0.379 e. The Labute approximate surface area is 191 Å². The van der Waals surface area contributed by atoms with Gasteiger partial charge in [0, 0.05) is 31.6 Å². The van der Waals surface area contributed by atoms with Crippen LogP contribution < -0.4 is 10.2 Å². The van der Waals surface area contributed by atoms with Crippen molar-refractivity contribution in [2.24, 2.45) is 0 Å². The second-order valence-corrected chi connectivity index (χ2v) is 8.34. The van der Waals surface area contributed by atoms with Crippen molar-refractivity contribution in [1.82, 2.24) is 14.8 Å². The van der Waals surface area contributed by atoms with E-state index < -0.39 is 17.7 Å². The molecule has 1 aliphatic rings. The van der Waals surface area contributed by atoms with Gasteiger partial charge in [0.1, 0.15) is 6.04 Å². The van der Waals surface area contributed by atoms with E-state index in [2.05, 4.69) is 15.4 Å². The first-order valence-corrected chi connectivity index (χ1v) is 10.8. The molecule has 1 aliphatic heterocycles. The predicted molar refractivity (Wildman–Crippen MR) is 121 cm³/mol. The lowest BCUT2D eigenvalue weighted by Gasteiger charge is -2.38. The van der Waals surface area contributed by atoms with Crippen molar-refractivity contribution in [2.45, 2.75) is 45.4 Å². The van der Waals surface area contributed by atoms with Gasteiger partial charge in [-0.1, -0.05) is 12.1 Å². The molecule has 3 aromatic rings. The molecule has 1 N–H and O–H groups in total. The maximum Gasteiger partial charge on any atom is 0.249 e. The molecule has 3 heterocycles. The van der Waals surface area contributed by atoms with Gasteiger partial charge in [0.15, 0.2) is 11.6 Å². The van der Waals surface area contributed by atoms with Crippen LogP contribution in [0.4, 0.5) is 20.2 Å². The first-order valence-electron chi connectivity index (χ1n) is 10.8. The summed E-state index contributed by atoms with van der Waals surface area (Å²) < 4.78 is 34.4. The molecule has 0 saturated carbocycles. The summed E-state index contributed by atoms with van der Waals surface area (Å²) >= 11 is 0. The number of anilines is 2.